The first kappa shape index (κ1) is 49.8. The van der Waals surface area contributed by atoms with E-state index in [0.717, 1.165) is 12.8 Å². The number of H-pyrrole nitrogens is 1. The third-order valence-electron chi connectivity index (χ3n) is 11.9. The Kier molecular flexibility index (Phi) is 14.6. The molecule has 1 fully saturated rings. The van der Waals surface area contributed by atoms with E-state index in [1.165, 1.54) is 35.0 Å². The smallest absolute Gasteiger partial charge is 0.340 e. The molecule has 3 aromatic carbocycles. The lowest BCUT2D eigenvalue weighted by Crippen LogP contribution is -2.42. The van der Waals surface area contributed by atoms with Crippen molar-refractivity contribution in [3.8, 4) is 23.0 Å². The zero-order valence-electron chi connectivity index (χ0n) is 39.4. The van der Waals surface area contributed by atoms with Gasteiger partial charge in [0.1, 0.15) is 35.3 Å². The number of hydrogen-bond acceptors (Lipinski definition) is 14. The molecule has 3 atom stereocenters. The molecular formula is C50H57N5O14. The number of aromatic nitrogens is 2. The van der Waals surface area contributed by atoms with Gasteiger partial charge in [-0.25, -0.2) is 9.59 Å². The molecule has 4 aromatic rings. The van der Waals surface area contributed by atoms with Crippen molar-refractivity contribution in [3.63, 3.8) is 0 Å². The maximum Gasteiger partial charge on any atom is 0.340 e. The molecule has 1 spiro atoms. The predicted molar refractivity (Wildman–Crippen MR) is 247 cm³/mol. The Morgan fingerprint density at radius 1 is 0.754 bits per heavy atom. The summed E-state index contributed by atoms with van der Waals surface area (Å²) in [6.07, 6.45) is 2.59. The van der Waals surface area contributed by atoms with Crippen molar-refractivity contribution in [2.24, 2.45) is 10.8 Å². The average Bonchev–Trinajstić information content (AvgIpc) is 3.82. The number of amides is 3. The van der Waals surface area contributed by atoms with Gasteiger partial charge in [0.2, 0.25) is 11.8 Å². The van der Waals surface area contributed by atoms with Gasteiger partial charge in [-0.2, -0.15) is 0 Å². The van der Waals surface area contributed by atoms with Gasteiger partial charge in [-0.15, -0.1) is 0 Å². The lowest BCUT2D eigenvalue weighted by molar-refractivity contribution is -0.143. The van der Waals surface area contributed by atoms with Crippen molar-refractivity contribution in [1.82, 2.24) is 25.5 Å². The summed E-state index contributed by atoms with van der Waals surface area (Å²) in [7, 11) is 0. The maximum atomic E-state index is 13.8. The van der Waals surface area contributed by atoms with Crippen molar-refractivity contribution in [2.45, 2.75) is 110 Å². The van der Waals surface area contributed by atoms with Crippen LogP contribution in [0.3, 0.4) is 0 Å². The molecule has 7 rings (SSSR count). The van der Waals surface area contributed by atoms with E-state index < -0.39 is 76.5 Å². The van der Waals surface area contributed by atoms with Crippen LogP contribution < -0.4 is 41.4 Å². The van der Waals surface area contributed by atoms with Crippen LogP contribution in [0.1, 0.15) is 130 Å². The third kappa shape index (κ3) is 11.1. The second-order valence-electron chi connectivity index (χ2n) is 19.3. The summed E-state index contributed by atoms with van der Waals surface area (Å²) in [5, 5.41) is 18.2. The molecule has 1 saturated heterocycles. The number of nitrogens with one attached hydrogen (secondary N) is 4. The summed E-state index contributed by atoms with van der Waals surface area (Å²) in [5.74, 6) is -1.82. The topological polar surface area (TPSA) is 260 Å². The number of aliphatic hydroxyl groups is 1. The molecule has 19 nitrogen and oxygen atoms in total. The second-order valence-corrected chi connectivity index (χ2v) is 19.3. The molecule has 0 bridgehead atoms. The summed E-state index contributed by atoms with van der Waals surface area (Å²) in [5.41, 5.74) is -2.57. The van der Waals surface area contributed by atoms with Gasteiger partial charge in [0, 0.05) is 79.0 Å². The fourth-order valence-corrected chi connectivity index (χ4v) is 8.08. The first-order chi connectivity index (χ1) is 32.7. The molecule has 3 amide bonds. The molecule has 0 radical (unpaired) electrons. The molecule has 366 valence electrons. The zero-order valence-corrected chi connectivity index (χ0v) is 39.4. The highest BCUT2D eigenvalue weighted by Crippen LogP contribution is 2.57. The van der Waals surface area contributed by atoms with Gasteiger partial charge in [-0.1, -0.05) is 18.9 Å². The van der Waals surface area contributed by atoms with Crippen LogP contribution in [0.15, 0.2) is 76.4 Å². The molecule has 3 aliphatic heterocycles. The Morgan fingerprint density at radius 2 is 1.33 bits per heavy atom. The number of unbranched alkanes of at least 4 members (excludes halogenated alkanes) is 3. The summed E-state index contributed by atoms with van der Waals surface area (Å²) < 4.78 is 30.9. The minimum absolute atomic E-state index is 0.0526. The standard InChI is InChI=1S/C50H57N5O14/c1-48(2,3)45(62)65-29-12-15-33-36(24-29)67-37-25-30(66-46(63)49(4,5)6)13-16-34(37)50(33)32-14-11-28(23-31(32)44(61)69-50)43(60)52-21-10-8-7-9-20-51-39(57)17-18-40(58)53-35-26-42(68-38(35)27-56)55-22-19-41(59)54-47(55)64/h11-16,19,22-25,35,38,42,56H,7-10,17-18,20-21,26-27H2,1-6H3,(H,51,57)(H,52,60)(H,53,58)(H,54,59,64)/t35-,38+,42+/m0/s1. The van der Waals surface area contributed by atoms with E-state index in [9.17, 15) is 43.5 Å². The summed E-state index contributed by atoms with van der Waals surface area (Å²) >= 11 is 0. The van der Waals surface area contributed by atoms with Crippen molar-refractivity contribution < 1.29 is 57.6 Å². The van der Waals surface area contributed by atoms with Crippen LogP contribution in [0.2, 0.25) is 0 Å². The number of hydrogen-bond donors (Lipinski definition) is 5. The fraction of sp³-hybridized carbons (Fsp3) is 0.440. The number of aliphatic hydroxyl groups excluding tert-OH is 1. The Morgan fingerprint density at radius 3 is 1.91 bits per heavy atom. The number of benzene rings is 3. The van der Waals surface area contributed by atoms with Crippen molar-refractivity contribution in [2.75, 3.05) is 19.7 Å². The molecule has 3 aliphatic rings. The molecule has 0 saturated carbocycles. The van der Waals surface area contributed by atoms with Crippen LogP contribution in [0.5, 0.6) is 23.0 Å². The zero-order chi connectivity index (χ0) is 49.8. The van der Waals surface area contributed by atoms with Crippen molar-refractivity contribution in [3.05, 3.63) is 116 Å². The van der Waals surface area contributed by atoms with Gasteiger partial charge in [0.05, 0.1) is 29.0 Å². The molecule has 0 aliphatic carbocycles. The normalized spacial score (nSPS) is 17.7. The number of carbonyl (C=O) groups excluding carboxylic acids is 6. The number of carbonyl (C=O) groups is 6. The van der Waals surface area contributed by atoms with Gasteiger partial charge < -0.3 is 44.7 Å². The number of esters is 3. The summed E-state index contributed by atoms with van der Waals surface area (Å²) in [6, 6.07) is 14.9. The first-order valence-electron chi connectivity index (χ1n) is 22.9. The molecule has 1 aromatic heterocycles. The quantitative estimate of drug-likeness (QED) is 0.0582. The molecule has 4 heterocycles. The lowest BCUT2D eigenvalue weighted by Gasteiger charge is -2.36. The van der Waals surface area contributed by atoms with E-state index in [2.05, 4.69) is 20.9 Å². The number of rotatable bonds is 16. The van der Waals surface area contributed by atoms with Gasteiger partial charge >= 0.3 is 23.6 Å². The van der Waals surface area contributed by atoms with Crippen LogP contribution in [0.25, 0.3) is 0 Å². The van der Waals surface area contributed by atoms with Crippen LogP contribution >= 0.6 is 0 Å². The highest BCUT2D eigenvalue weighted by atomic mass is 16.6. The lowest BCUT2D eigenvalue weighted by atomic mass is 9.77. The average molecular weight is 952 g/mol. The van der Waals surface area contributed by atoms with E-state index in [4.69, 9.17) is 23.7 Å². The van der Waals surface area contributed by atoms with Crippen LogP contribution in [-0.2, 0) is 34.3 Å². The van der Waals surface area contributed by atoms with E-state index in [1.807, 2.05) is 0 Å². The predicted octanol–water partition coefficient (Wildman–Crippen LogP) is 4.66. The van der Waals surface area contributed by atoms with E-state index in [-0.39, 0.29) is 65.2 Å². The number of ether oxygens (including phenoxy) is 5. The molecule has 19 heteroatoms. The summed E-state index contributed by atoms with van der Waals surface area (Å²) in [6.45, 7) is 10.7. The van der Waals surface area contributed by atoms with E-state index in [0.29, 0.717) is 42.6 Å². The fourth-order valence-electron chi connectivity index (χ4n) is 8.08. The minimum Gasteiger partial charge on any atom is -0.456 e. The molecular weight excluding hydrogens is 895 g/mol. The highest BCUT2D eigenvalue weighted by molar-refractivity contribution is 6.01. The molecule has 69 heavy (non-hydrogen) atoms. The van der Waals surface area contributed by atoms with Gasteiger partial charge in [0.15, 0.2) is 5.60 Å². The van der Waals surface area contributed by atoms with Crippen molar-refractivity contribution >= 4 is 35.6 Å². The van der Waals surface area contributed by atoms with Gasteiger partial charge in [-0.3, -0.25) is 38.3 Å². The van der Waals surface area contributed by atoms with E-state index in [1.54, 1.807) is 77.9 Å². The SMILES string of the molecule is CC(C)(C)C(=O)Oc1ccc2c(c1)Oc1cc(OC(=O)C(C)(C)C)ccc1C21OC(=O)c2cc(C(=O)NCCCCCCNC(=O)CCC(=O)N[C@H]3C[C@H](n4ccc(=O)[nH]c4=O)O[C@@H]3CO)ccc21. The minimum atomic E-state index is -1.53. The van der Waals surface area contributed by atoms with Crippen LogP contribution in [0.4, 0.5) is 0 Å². The maximum absolute atomic E-state index is 13.8. The third-order valence-corrected chi connectivity index (χ3v) is 11.9. The van der Waals surface area contributed by atoms with Gasteiger partial charge in [-0.05, 0) is 90.8 Å². The van der Waals surface area contributed by atoms with Crippen LogP contribution in [0, 0.1) is 10.8 Å². The Bertz CT molecular complexity index is 2710. The number of aromatic amines is 1. The van der Waals surface area contributed by atoms with Crippen LogP contribution in [-0.4, -0.2) is 82.1 Å². The largest absolute Gasteiger partial charge is 0.456 e. The number of fused-ring (bicyclic) bond motifs is 6. The Labute approximate surface area is 397 Å². The Hall–Kier alpha value is -7.12. The van der Waals surface area contributed by atoms with Gasteiger partial charge in [0.25, 0.3) is 11.5 Å². The molecule has 0 unspecified atom stereocenters. The Balaban J connectivity index is 0.901. The highest BCUT2D eigenvalue weighted by Gasteiger charge is 2.54. The monoisotopic (exact) mass is 951 g/mol. The first-order valence-corrected chi connectivity index (χ1v) is 22.9. The molecule has 5 N–H and O–H groups in total. The number of nitrogens with zero attached hydrogens (tertiary/aromatic N) is 1. The van der Waals surface area contributed by atoms with Crippen molar-refractivity contribution in [1.29, 1.82) is 0 Å². The van der Waals surface area contributed by atoms with E-state index >= 15 is 0 Å². The summed E-state index contributed by atoms with van der Waals surface area (Å²) in [4.78, 5) is 104. The second kappa shape index (κ2) is 20.2.